The molecule has 0 saturated carbocycles. The largest absolute Gasteiger partial charge is 1.00 e. The standard InChI is InChI=1S/C8H12N.Li/c1-6-3-4-7(2)8(9)5-6;/h3-5,8H,9H2,1-2H3;/q-1;+1. The number of hydrogen-bond donors (Lipinski definition) is 1. The molecule has 0 amide bonds. The second kappa shape index (κ2) is 3.93. The zero-order valence-corrected chi connectivity index (χ0v) is 6.89. The van der Waals surface area contributed by atoms with Crippen molar-refractivity contribution in [3.63, 3.8) is 0 Å². The van der Waals surface area contributed by atoms with Crippen molar-refractivity contribution in [1.82, 2.24) is 0 Å². The Labute approximate surface area is 74.5 Å². The van der Waals surface area contributed by atoms with Crippen molar-refractivity contribution in [1.29, 1.82) is 0 Å². The van der Waals surface area contributed by atoms with E-state index in [1.54, 1.807) is 0 Å². The summed E-state index contributed by atoms with van der Waals surface area (Å²) >= 11 is 0. The van der Waals surface area contributed by atoms with Crippen LogP contribution >= 0.6 is 0 Å². The fourth-order valence-electron chi connectivity index (χ4n) is 0.844. The molecule has 1 rings (SSSR count). The van der Waals surface area contributed by atoms with Crippen LogP contribution in [0.1, 0.15) is 13.8 Å². The van der Waals surface area contributed by atoms with Gasteiger partial charge in [0, 0.05) is 0 Å². The van der Waals surface area contributed by atoms with Gasteiger partial charge in [-0.15, -0.1) is 12.5 Å². The Morgan fingerprint density at radius 1 is 1.60 bits per heavy atom. The van der Waals surface area contributed by atoms with Gasteiger partial charge in [-0.2, -0.15) is 5.92 Å². The molecule has 0 aliphatic heterocycles. The van der Waals surface area contributed by atoms with Crippen LogP contribution in [0.2, 0.25) is 0 Å². The van der Waals surface area contributed by atoms with E-state index in [-0.39, 0.29) is 24.9 Å². The van der Waals surface area contributed by atoms with Crippen molar-refractivity contribution < 1.29 is 18.9 Å². The van der Waals surface area contributed by atoms with Crippen LogP contribution in [0.25, 0.3) is 0 Å². The van der Waals surface area contributed by atoms with Crippen LogP contribution in [0.5, 0.6) is 0 Å². The maximum Gasteiger partial charge on any atom is 1.00 e. The molecule has 0 saturated heterocycles. The molecule has 2 N–H and O–H groups in total. The molecule has 2 heteroatoms. The van der Waals surface area contributed by atoms with Crippen molar-refractivity contribution in [2.24, 2.45) is 5.73 Å². The maximum absolute atomic E-state index is 5.70. The molecule has 0 bridgehead atoms. The van der Waals surface area contributed by atoms with Crippen LogP contribution in [0, 0.1) is 5.92 Å². The Hall–Kier alpha value is -0.0926. The third-order valence-electron chi connectivity index (χ3n) is 1.58. The minimum absolute atomic E-state index is 0. The van der Waals surface area contributed by atoms with Crippen molar-refractivity contribution in [3.05, 3.63) is 29.7 Å². The van der Waals surface area contributed by atoms with Gasteiger partial charge in [-0.05, 0) is 6.04 Å². The van der Waals surface area contributed by atoms with E-state index in [1.165, 1.54) is 11.5 Å². The molecule has 1 nitrogen and oxygen atoms in total. The van der Waals surface area contributed by atoms with Gasteiger partial charge in [0.1, 0.15) is 0 Å². The molecule has 50 valence electrons. The van der Waals surface area contributed by atoms with Gasteiger partial charge in [-0.3, -0.25) is 0 Å². The van der Waals surface area contributed by atoms with E-state index in [4.69, 9.17) is 5.73 Å². The summed E-state index contributed by atoms with van der Waals surface area (Å²) in [6.45, 7) is 4.10. The molecule has 0 aromatic heterocycles. The van der Waals surface area contributed by atoms with E-state index in [1.807, 2.05) is 6.92 Å². The topological polar surface area (TPSA) is 26.0 Å². The monoisotopic (exact) mass is 129 g/mol. The second-order valence-electron chi connectivity index (χ2n) is 2.51. The molecule has 10 heavy (non-hydrogen) atoms. The molecule has 0 fully saturated rings. The van der Waals surface area contributed by atoms with Crippen LogP contribution in [0.3, 0.4) is 0 Å². The third kappa shape index (κ3) is 2.26. The van der Waals surface area contributed by atoms with Gasteiger partial charge in [0.2, 0.25) is 0 Å². The third-order valence-corrected chi connectivity index (χ3v) is 1.58. The maximum atomic E-state index is 5.70. The molecule has 0 heterocycles. The summed E-state index contributed by atoms with van der Waals surface area (Å²) in [4.78, 5) is 0. The van der Waals surface area contributed by atoms with E-state index < -0.39 is 0 Å². The average Bonchev–Trinajstić information content (AvgIpc) is 1.80. The average molecular weight is 129 g/mol. The fourth-order valence-corrected chi connectivity index (χ4v) is 0.844. The zero-order valence-electron chi connectivity index (χ0n) is 6.89. The number of nitrogens with two attached hydrogens (primary N) is 1. The van der Waals surface area contributed by atoms with Crippen molar-refractivity contribution >= 4 is 0 Å². The van der Waals surface area contributed by atoms with E-state index in [9.17, 15) is 0 Å². The summed E-state index contributed by atoms with van der Waals surface area (Å²) in [7, 11) is 0. The molecule has 0 radical (unpaired) electrons. The van der Waals surface area contributed by atoms with Crippen LogP contribution in [-0.4, -0.2) is 6.04 Å². The van der Waals surface area contributed by atoms with Crippen molar-refractivity contribution in [3.8, 4) is 0 Å². The van der Waals surface area contributed by atoms with Crippen LogP contribution in [0.4, 0.5) is 0 Å². The molecule has 1 aliphatic carbocycles. The predicted molar refractivity (Wildman–Crippen MR) is 39.8 cm³/mol. The number of allylic oxidation sites excluding steroid dienone is 2. The van der Waals surface area contributed by atoms with E-state index in [0.29, 0.717) is 0 Å². The molecule has 0 aromatic carbocycles. The Kier molecular flexibility index (Phi) is 3.89. The molecule has 0 spiro atoms. The first-order chi connectivity index (χ1) is 4.20. The summed E-state index contributed by atoms with van der Waals surface area (Å²) in [5, 5.41) is 0. The van der Waals surface area contributed by atoms with Gasteiger partial charge in [0.05, 0.1) is 0 Å². The van der Waals surface area contributed by atoms with Gasteiger partial charge >= 0.3 is 18.9 Å². The first kappa shape index (κ1) is 9.91. The fraction of sp³-hybridized carbons (Fsp3) is 0.375. The Bertz CT molecular complexity index is 161. The van der Waals surface area contributed by atoms with Gasteiger partial charge < -0.3 is 5.73 Å². The van der Waals surface area contributed by atoms with Crippen molar-refractivity contribution in [2.45, 2.75) is 19.9 Å². The van der Waals surface area contributed by atoms with Crippen LogP contribution < -0.4 is 24.6 Å². The summed E-state index contributed by atoms with van der Waals surface area (Å²) < 4.78 is 0. The van der Waals surface area contributed by atoms with E-state index in [2.05, 4.69) is 25.2 Å². The zero-order chi connectivity index (χ0) is 6.85. The van der Waals surface area contributed by atoms with Gasteiger partial charge in [-0.1, -0.05) is 13.0 Å². The molecule has 0 aromatic rings. The van der Waals surface area contributed by atoms with Crippen LogP contribution in [-0.2, 0) is 0 Å². The van der Waals surface area contributed by atoms with Gasteiger partial charge in [0.25, 0.3) is 0 Å². The Morgan fingerprint density at radius 2 is 2.20 bits per heavy atom. The molecular formula is C8H12LiN. The number of hydrogen-bond acceptors (Lipinski definition) is 1. The molecule has 1 unspecified atom stereocenters. The van der Waals surface area contributed by atoms with Gasteiger partial charge in [0.15, 0.2) is 0 Å². The van der Waals surface area contributed by atoms with Crippen molar-refractivity contribution in [2.75, 3.05) is 0 Å². The Morgan fingerprint density at radius 3 is 2.60 bits per heavy atom. The van der Waals surface area contributed by atoms with E-state index >= 15 is 0 Å². The Balaban J connectivity index is 0.000000810. The molecule has 1 atom stereocenters. The molecular weight excluding hydrogens is 117 g/mol. The normalized spacial score (nSPS) is 23.7. The van der Waals surface area contributed by atoms with Crippen LogP contribution in [0.15, 0.2) is 23.8 Å². The quantitative estimate of drug-likeness (QED) is 0.310. The summed E-state index contributed by atoms with van der Waals surface area (Å²) in [6.07, 6.45) is 6.22. The summed E-state index contributed by atoms with van der Waals surface area (Å²) in [5.74, 6) is 1.24. The van der Waals surface area contributed by atoms with Gasteiger partial charge in [-0.25, -0.2) is 12.2 Å². The first-order valence-electron chi connectivity index (χ1n) is 3.15. The number of rotatable bonds is 0. The summed E-state index contributed by atoms with van der Waals surface area (Å²) in [6, 6.07) is 0.148. The first-order valence-corrected chi connectivity index (χ1v) is 3.15. The molecule has 1 aliphatic rings. The minimum Gasteiger partial charge on any atom is -0.336 e. The second-order valence-corrected chi connectivity index (χ2v) is 2.51. The minimum atomic E-state index is 0. The predicted octanol–water partition coefficient (Wildman–Crippen LogP) is -1.57. The SMILES string of the molecule is CC1=CC(N)[C-](C)C=C1.[Li+]. The van der Waals surface area contributed by atoms with E-state index in [0.717, 1.165) is 0 Å². The smallest absolute Gasteiger partial charge is 0.336 e. The summed E-state index contributed by atoms with van der Waals surface area (Å²) in [5.41, 5.74) is 6.96.